The Hall–Kier alpha value is 0.0500. The van der Waals surface area contributed by atoms with E-state index in [4.69, 9.17) is 5.11 Å². The predicted octanol–water partition coefficient (Wildman–Crippen LogP) is 1.95. The van der Waals surface area contributed by atoms with Gasteiger partial charge in [0.05, 0.1) is 15.9 Å². The van der Waals surface area contributed by atoms with E-state index in [1.807, 2.05) is 6.92 Å². The first-order chi connectivity index (χ1) is 7.33. The van der Waals surface area contributed by atoms with E-state index in [9.17, 15) is 8.42 Å². The summed E-state index contributed by atoms with van der Waals surface area (Å²) in [5, 5.41) is 9.17. The number of hydrogen-bond acceptors (Lipinski definition) is 4. The van der Waals surface area contributed by atoms with Crippen LogP contribution in [0.1, 0.15) is 20.3 Å². The molecule has 0 aromatic carbocycles. The Morgan fingerprint density at radius 1 is 1.56 bits per heavy atom. The molecule has 1 unspecified atom stereocenters. The van der Waals surface area contributed by atoms with Crippen LogP contribution in [0.25, 0.3) is 0 Å². The van der Waals surface area contributed by atoms with E-state index in [0.717, 1.165) is 15.1 Å². The maximum absolute atomic E-state index is 11.9. The molecule has 1 aromatic rings. The Kier molecular flexibility index (Phi) is 4.53. The number of sulfonamides is 1. The molecule has 0 saturated heterocycles. The van der Waals surface area contributed by atoms with E-state index in [1.165, 1.54) is 6.07 Å². The van der Waals surface area contributed by atoms with Crippen LogP contribution in [-0.2, 0) is 10.0 Å². The van der Waals surface area contributed by atoms with Crippen LogP contribution in [0, 0.1) is 0 Å². The molecular formula is C9H14BrNO3S2. The van der Waals surface area contributed by atoms with Crippen LogP contribution in [-0.4, -0.2) is 25.7 Å². The van der Waals surface area contributed by atoms with Crippen molar-refractivity contribution in [1.29, 1.82) is 0 Å². The molecular weight excluding hydrogens is 314 g/mol. The summed E-state index contributed by atoms with van der Waals surface area (Å²) in [6, 6.07) is 3.21. The first-order valence-corrected chi connectivity index (χ1v) is 7.82. The van der Waals surface area contributed by atoms with Gasteiger partial charge < -0.3 is 5.11 Å². The van der Waals surface area contributed by atoms with Crippen LogP contribution < -0.4 is 4.72 Å². The lowest BCUT2D eigenvalue weighted by Crippen LogP contribution is -2.48. The van der Waals surface area contributed by atoms with Gasteiger partial charge in [-0.2, -0.15) is 0 Å². The van der Waals surface area contributed by atoms with Crippen molar-refractivity contribution in [3.63, 3.8) is 0 Å². The van der Waals surface area contributed by atoms with E-state index < -0.39 is 15.6 Å². The highest BCUT2D eigenvalue weighted by molar-refractivity contribution is 9.11. The monoisotopic (exact) mass is 327 g/mol. The molecule has 1 atom stereocenters. The van der Waals surface area contributed by atoms with Gasteiger partial charge in [0.25, 0.3) is 10.0 Å². The lowest BCUT2D eigenvalue weighted by atomic mass is 10.0. The Morgan fingerprint density at radius 2 is 2.19 bits per heavy atom. The third kappa shape index (κ3) is 3.27. The van der Waals surface area contributed by atoms with Crippen molar-refractivity contribution in [2.24, 2.45) is 0 Å². The predicted molar refractivity (Wildman–Crippen MR) is 68.1 cm³/mol. The molecule has 1 heterocycles. The number of rotatable bonds is 5. The molecule has 0 radical (unpaired) electrons. The van der Waals surface area contributed by atoms with Gasteiger partial charge in [0.2, 0.25) is 0 Å². The second-order valence-corrected chi connectivity index (χ2v) is 8.11. The molecule has 0 bridgehead atoms. The largest absolute Gasteiger partial charge is 0.394 e. The fraction of sp³-hybridized carbons (Fsp3) is 0.556. The highest BCUT2D eigenvalue weighted by atomic mass is 79.9. The smallest absolute Gasteiger partial charge is 0.250 e. The van der Waals surface area contributed by atoms with Gasteiger partial charge in [-0.1, -0.05) is 6.92 Å². The van der Waals surface area contributed by atoms with Crippen LogP contribution in [0.3, 0.4) is 0 Å². The van der Waals surface area contributed by atoms with E-state index in [0.29, 0.717) is 6.42 Å². The summed E-state index contributed by atoms with van der Waals surface area (Å²) >= 11 is 4.36. The summed E-state index contributed by atoms with van der Waals surface area (Å²) in [6.07, 6.45) is 0.523. The molecule has 4 nitrogen and oxygen atoms in total. The van der Waals surface area contributed by atoms with Crippen molar-refractivity contribution in [2.75, 3.05) is 6.61 Å². The fourth-order valence-corrected chi connectivity index (χ4v) is 4.51. The molecule has 0 aliphatic rings. The van der Waals surface area contributed by atoms with Crippen LogP contribution >= 0.6 is 27.3 Å². The number of halogens is 1. The number of aliphatic hydroxyl groups is 1. The molecule has 16 heavy (non-hydrogen) atoms. The molecule has 92 valence electrons. The minimum Gasteiger partial charge on any atom is -0.394 e. The number of thiophene rings is 1. The molecule has 2 N–H and O–H groups in total. The highest BCUT2D eigenvalue weighted by Gasteiger charge is 2.29. The van der Waals surface area contributed by atoms with Crippen molar-refractivity contribution < 1.29 is 13.5 Å². The Labute approximate surface area is 108 Å². The first-order valence-electron chi connectivity index (χ1n) is 4.73. The minimum absolute atomic E-state index is 0.227. The zero-order chi connectivity index (χ0) is 12.4. The lowest BCUT2D eigenvalue weighted by Gasteiger charge is -2.26. The summed E-state index contributed by atoms with van der Waals surface area (Å²) in [4.78, 5) is 0. The van der Waals surface area contributed by atoms with Gasteiger partial charge in [0.1, 0.15) is 4.21 Å². The highest BCUT2D eigenvalue weighted by Crippen LogP contribution is 2.27. The zero-order valence-electron chi connectivity index (χ0n) is 9.03. The van der Waals surface area contributed by atoms with E-state index in [1.54, 1.807) is 13.0 Å². The number of hydrogen-bond donors (Lipinski definition) is 2. The van der Waals surface area contributed by atoms with E-state index >= 15 is 0 Å². The average Bonchev–Trinajstić information content (AvgIpc) is 2.65. The van der Waals surface area contributed by atoms with E-state index in [-0.39, 0.29) is 10.8 Å². The van der Waals surface area contributed by atoms with Gasteiger partial charge in [0.15, 0.2) is 0 Å². The van der Waals surface area contributed by atoms with E-state index in [2.05, 4.69) is 20.7 Å². The van der Waals surface area contributed by atoms with Gasteiger partial charge in [-0.05, 0) is 41.4 Å². The number of nitrogens with one attached hydrogen (secondary N) is 1. The summed E-state index contributed by atoms with van der Waals surface area (Å²) in [6.45, 7) is 3.27. The van der Waals surface area contributed by atoms with Gasteiger partial charge in [-0.25, -0.2) is 13.1 Å². The number of aliphatic hydroxyl groups excluding tert-OH is 1. The maximum atomic E-state index is 11.9. The first kappa shape index (κ1) is 14.1. The standard InChI is InChI=1S/C9H14BrNO3S2/c1-3-9(2,6-12)11-16(13,14)8-5-4-7(10)15-8/h4-5,11-12H,3,6H2,1-2H3. The maximum Gasteiger partial charge on any atom is 0.250 e. The van der Waals surface area contributed by atoms with Gasteiger partial charge >= 0.3 is 0 Å². The zero-order valence-corrected chi connectivity index (χ0v) is 12.2. The van der Waals surface area contributed by atoms with Crippen molar-refractivity contribution >= 4 is 37.3 Å². The topological polar surface area (TPSA) is 66.4 Å². The van der Waals surface area contributed by atoms with Gasteiger partial charge in [0, 0.05) is 0 Å². The molecule has 0 spiro atoms. The Balaban J connectivity index is 2.96. The summed E-state index contributed by atoms with van der Waals surface area (Å²) in [5.41, 5.74) is -0.810. The van der Waals surface area contributed by atoms with Gasteiger partial charge in [-0.15, -0.1) is 11.3 Å². The minimum atomic E-state index is -3.54. The Bertz CT molecular complexity index is 451. The molecule has 7 heteroatoms. The van der Waals surface area contributed by atoms with Crippen LogP contribution in [0.4, 0.5) is 0 Å². The van der Waals surface area contributed by atoms with Crippen molar-refractivity contribution in [2.45, 2.75) is 30.0 Å². The summed E-state index contributed by atoms with van der Waals surface area (Å²) < 4.78 is 27.4. The lowest BCUT2D eigenvalue weighted by molar-refractivity contribution is 0.191. The third-order valence-corrected chi connectivity index (χ3v) is 6.08. The van der Waals surface area contributed by atoms with Crippen LogP contribution in [0.5, 0.6) is 0 Å². The SMILES string of the molecule is CCC(C)(CO)NS(=O)(=O)c1ccc(Br)s1. The summed E-state index contributed by atoms with van der Waals surface area (Å²) in [5.74, 6) is 0. The van der Waals surface area contributed by atoms with Crippen molar-refractivity contribution in [1.82, 2.24) is 4.72 Å². The Morgan fingerprint density at radius 3 is 2.56 bits per heavy atom. The summed E-state index contributed by atoms with van der Waals surface area (Å²) in [7, 11) is -3.54. The molecule has 0 aliphatic carbocycles. The van der Waals surface area contributed by atoms with Crippen LogP contribution in [0.2, 0.25) is 0 Å². The fourth-order valence-electron chi connectivity index (χ4n) is 1.03. The van der Waals surface area contributed by atoms with Crippen molar-refractivity contribution in [3.05, 3.63) is 15.9 Å². The third-order valence-electron chi connectivity index (χ3n) is 2.32. The molecule has 0 amide bonds. The quantitative estimate of drug-likeness (QED) is 0.868. The van der Waals surface area contributed by atoms with Crippen molar-refractivity contribution in [3.8, 4) is 0 Å². The second kappa shape index (κ2) is 5.14. The molecule has 0 aliphatic heterocycles. The van der Waals surface area contributed by atoms with Gasteiger partial charge in [-0.3, -0.25) is 0 Å². The normalized spacial score (nSPS) is 16.0. The average molecular weight is 328 g/mol. The molecule has 1 aromatic heterocycles. The second-order valence-electron chi connectivity index (χ2n) is 3.74. The molecule has 0 fully saturated rings. The van der Waals surface area contributed by atoms with Crippen LogP contribution in [0.15, 0.2) is 20.1 Å². The molecule has 1 rings (SSSR count). The molecule has 0 saturated carbocycles.